The summed E-state index contributed by atoms with van der Waals surface area (Å²) in [7, 11) is 0. The fourth-order valence-electron chi connectivity index (χ4n) is 3.09. The largest absolute Gasteiger partial charge is 0.332 e. The Hall–Kier alpha value is -1.10. The third-order valence-electron chi connectivity index (χ3n) is 4.20. The van der Waals surface area contributed by atoms with Gasteiger partial charge in [-0.1, -0.05) is 19.3 Å². The third-order valence-corrected chi connectivity index (χ3v) is 4.20. The first kappa shape index (κ1) is 14.3. The van der Waals surface area contributed by atoms with Crippen molar-refractivity contribution >= 4 is 11.8 Å². The van der Waals surface area contributed by atoms with Gasteiger partial charge in [-0.3, -0.25) is 9.59 Å². The van der Waals surface area contributed by atoms with Crippen LogP contribution in [0.4, 0.5) is 0 Å². The predicted molar refractivity (Wildman–Crippen MR) is 73.7 cm³/mol. The summed E-state index contributed by atoms with van der Waals surface area (Å²) in [6.45, 7) is 5.47. The Kier molecular flexibility index (Phi) is 5.19. The van der Waals surface area contributed by atoms with Crippen molar-refractivity contribution in [1.29, 1.82) is 0 Å². The van der Waals surface area contributed by atoms with Crippen LogP contribution in [0.2, 0.25) is 0 Å². The van der Waals surface area contributed by atoms with E-state index >= 15 is 0 Å². The molecule has 1 saturated carbocycles. The van der Waals surface area contributed by atoms with Crippen LogP contribution in [0.15, 0.2) is 0 Å². The van der Waals surface area contributed by atoms with Crippen LogP contribution in [0.25, 0.3) is 0 Å². The van der Waals surface area contributed by atoms with Gasteiger partial charge >= 0.3 is 11.8 Å². The Labute approximate surface area is 115 Å². The maximum absolute atomic E-state index is 12.4. The van der Waals surface area contributed by atoms with Gasteiger partial charge in [0.2, 0.25) is 0 Å². The Morgan fingerprint density at radius 2 is 1.79 bits per heavy atom. The van der Waals surface area contributed by atoms with E-state index in [9.17, 15) is 9.59 Å². The van der Waals surface area contributed by atoms with Gasteiger partial charge in [0.05, 0.1) is 0 Å². The second-order valence-corrected chi connectivity index (χ2v) is 5.43. The van der Waals surface area contributed by atoms with E-state index in [0.29, 0.717) is 19.6 Å². The highest BCUT2D eigenvalue weighted by Gasteiger charge is 2.31. The van der Waals surface area contributed by atoms with Crippen molar-refractivity contribution in [3.05, 3.63) is 0 Å². The first-order valence-corrected chi connectivity index (χ1v) is 7.54. The lowest BCUT2D eigenvalue weighted by Gasteiger charge is -2.35. The Balaban J connectivity index is 1.96. The summed E-state index contributed by atoms with van der Waals surface area (Å²) in [5.74, 6) is -0.606. The van der Waals surface area contributed by atoms with Gasteiger partial charge in [-0.15, -0.1) is 0 Å². The van der Waals surface area contributed by atoms with Gasteiger partial charge in [0.15, 0.2) is 0 Å². The standard InChI is InChI=1S/C14H25N3O2/c1-2-17(12-6-4-3-5-7-12)14(19)13(18)16-10-8-15-9-11-16/h12,15H,2-11H2,1H3. The molecule has 5 heteroatoms. The summed E-state index contributed by atoms with van der Waals surface area (Å²) in [4.78, 5) is 28.1. The number of hydrogen-bond donors (Lipinski definition) is 1. The van der Waals surface area contributed by atoms with Crippen molar-refractivity contribution in [2.24, 2.45) is 0 Å². The van der Waals surface area contributed by atoms with Crippen molar-refractivity contribution in [3.8, 4) is 0 Å². The normalized spacial score (nSPS) is 21.2. The zero-order valence-electron chi connectivity index (χ0n) is 11.9. The number of nitrogens with one attached hydrogen (secondary N) is 1. The van der Waals surface area contributed by atoms with Gasteiger partial charge in [-0.2, -0.15) is 0 Å². The first-order valence-electron chi connectivity index (χ1n) is 7.54. The number of hydrogen-bond acceptors (Lipinski definition) is 3. The maximum Gasteiger partial charge on any atom is 0.312 e. The summed E-state index contributed by atoms with van der Waals surface area (Å²) in [6.07, 6.45) is 5.71. The van der Waals surface area contributed by atoms with Crippen molar-refractivity contribution in [2.75, 3.05) is 32.7 Å². The SMILES string of the molecule is CCN(C(=O)C(=O)N1CCNCC1)C1CCCCC1. The highest BCUT2D eigenvalue weighted by Crippen LogP contribution is 2.22. The van der Waals surface area contributed by atoms with E-state index in [1.54, 1.807) is 9.80 Å². The molecule has 1 saturated heterocycles. The van der Waals surface area contributed by atoms with E-state index < -0.39 is 0 Å². The minimum atomic E-state index is -0.311. The van der Waals surface area contributed by atoms with Gasteiger partial charge < -0.3 is 15.1 Å². The van der Waals surface area contributed by atoms with Crippen LogP contribution in [0.1, 0.15) is 39.0 Å². The molecule has 1 N–H and O–H groups in total. The molecule has 0 spiro atoms. The van der Waals surface area contributed by atoms with Crippen LogP contribution in [0, 0.1) is 0 Å². The molecule has 2 fully saturated rings. The van der Waals surface area contributed by atoms with E-state index in [-0.39, 0.29) is 17.9 Å². The van der Waals surface area contributed by atoms with Crippen molar-refractivity contribution in [3.63, 3.8) is 0 Å². The summed E-state index contributed by atoms with van der Waals surface area (Å²) in [5.41, 5.74) is 0. The van der Waals surface area contributed by atoms with Crippen molar-refractivity contribution in [2.45, 2.75) is 45.1 Å². The predicted octanol–water partition coefficient (Wildman–Crippen LogP) is 0.599. The topological polar surface area (TPSA) is 52.7 Å². The summed E-state index contributed by atoms with van der Waals surface area (Å²) in [6, 6.07) is 0.276. The van der Waals surface area contributed by atoms with Gasteiger partial charge in [0.25, 0.3) is 0 Å². The van der Waals surface area contributed by atoms with Gasteiger partial charge in [-0.25, -0.2) is 0 Å². The van der Waals surface area contributed by atoms with E-state index in [4.69, 9.17) is 0 Å². The van der Waals surface area contributed by atoms with E-state index in [2.05, 4.69) is 5.32 Å². The molecule has 0 aromatic rings. The van der Waals surface area contributed by atoms with Crippen LogP contribution in [-0.2, 0) is 9.59 Å². The molecule has 1 aliphatic carbocycles. The molecule has 0 unspecified atom stereocenters. The second-order valence-electron chi connectivity index (χ2n) is 5.43. The second kappa shape index (κ2) is 6.89. The highest BCUT2D eigenvalue weighted by atomic mass is 16.2. The van der Waals surface area contributed by atoms with Crippen molar-refractivity contribution in [1.82, 2.24) is 15.1 Å². The van der Waals surface area contributed by atoms with Gasteiger partial charge in [0.1, 0.15) is 0 Å². The number of carbonyl (C=O) groups is 2. The zero-order chi connectivity index (χ0) is 13.7. The van der Waals surface area contributed by atoms with E-state index in [0.717, 1.165) is 25.9 Å². The fraction of sp³-hybridized carbons (Fsp3) is 0.857. The molecule has 1 aliphatic heterocycles. The van der Waals surface area contributed by atoms with Crippen LogP contribution in [-0.4, -0.2) is 60.4 Å². The quantitative estimate of drug-likeness (QED) is 0.745. The summed E-state index contributed by atoms with van der Waals surface area (Å²) >= 11 is 0. The molecule has 0 aromatic carbocycles. The first-order chi connectivity index (χ1) is 9.24. The molecular formula is C14H25N3O2. The highest BCUT2D eigenvalue weighted by molar-refractivity contribution is 6.35. The van der Waals surface area contributed by atoms with E-state index in [1.807, 2.05) is 6.92 Å². The Bertz CT molecular complexity index is 321. The number of carbonyl (C=O) groups excluding carboxylic acids is 2. The molecule has 2 rings (SSSR count). The molecule has 0 atom stereocenters. The fourth-order valence-corrected chi connectivity index (χ4v) is 3.09. The molecule has 1 heterocycles. The number of nitrogens with zero attached hydrogens (tertiary/aromatic N) is 2. The van der Waals surface area contributed by atoms with Crippen molar-refractivity contribution < 1.29 is 9.59 Å². The van der Waals surface area contributed by atoms with Gasteiger partial charge in [0, 0.05) is 38.8 Å². The molecular weight excluding hydrogens is 242 g/mol. The Morgan fingerprint density at radius 1 is 1.16 bits per heavy atom. The average molecular weight is 267 g/mol. The van der Waals surface area contributed by atoms with Crippen LogP contribution < -0.4 is 5.32 Å². The lowest BCUT2D eigenvalue weighted by atomic mass is 9.94. The number of likely N-dealkylation sites (N-methyl/N-ethyl adjacent to an activating group) is 1. The summed E-state index contributed by atoms with van der Waals surface area (Å²) in [5, 5.41) is 3.20. The van der Waals surface area contributed by atoms with E-state index in [1.165, 1.54) is 19.3 Å². The van der Waals surface area contributed by atoms with Crippen LogP contribution in [0.3, 0.4) is 0 Å². The number of amides is 2. The lowest BCUT2D eigenvalue weighted by Crippen LogP contribution is -2.54. The molecule has 2 amide bonds. The van der Waals surface area contributed by atoms with Crippen LogP contribution >= 0.6 is 0 Å². The average Bonchev–Trinajstić information content (AvgIpc) is 2.49. The maximum atomic E-state index is 12.4. The monoisotopic (exact) mass is 267 g/mol. The lowest BCUT2D eigenvalue weighted by molar-refractivity contribution is -0.153. The summed E-state index contributed by atoms with van der Waals surface area (Å²) < 4.78 is 0. The molecule has 0 radical (unpaired) electrons. The minimum Gasteiger partial charge on any atom is -0.332 e. The number of piperazine rings is 1. The molecule has 5 nitrogen and oxygen atoms in total. The molecule has 108 valence electrons. The van der Waals surface area contributed by atoms with Gasteiger partial charge in [-0.05, 0) is 19.8 Å². The van der Waals surface area contributed by atoms with Crippen LogP contribution in [0.5, 0.6) is 0 Å². The molecule has 0 bridgehead atoms. The zero-order valence-corrected chi connectivity index (χ0v) is 11.9. The minimum absolute atomic E-state index is 0.276. The molecule has 19 heavy (non-hydrogen) atoms. The number of rotatable bonds is 2. The molecule has 0 aromatic heterocycles. The smallest absolute Gasteiger partial charge is 0.312 e. The molecule has 2 aliphatic rings. The Morgan fingerprint density at radius 3 is 2.37 bits per heavy atom. The third kappa shape index (κ3) is 3.47.